The van der Waals surface area contributed by atoms with Crippen LogP contribution in [0.2, 0.25) is 0 Å². The van der Waals surface area contributed by atoms with Gasteiger partial charge in [-0.1, -0.05) is 46.8 Å². The van der Waals surface area contributed by atoms with Gasteiger partial charge >= 0.3 is 0 Å². The number of nitrogens with zero attached hydrogens (tertiary/aromatic N) is 1. The Labute approximate surface area is 213 Å². The van der Waals surface area contributed by atoms with E-state index in [0.717, 1.165) is 16.7 Å². The zero-order valence-electron chi connectivity index (χ0n) is 20.5. The Bertz CT molecular complexity index is 1480. The molecule has 0 bridgehead atoms. The van der Waals surface area contributed by atoms with Gasteiger partial charge in [-0.15, -0.1) is 6.58 Å². The smallest absolute Gasteiger partial charge is 0.182 e. The molecular weight excluding hydrogens is 494 g/mol. The van der Waals surface area contributed by atoms with Crippen LogP contribution in [0.4, 0.5) is 5.69 Å². The van der Waals surface area contributed by atoms with Crippen molar-refractivity contribution in [3.8, 4) is 11.5 Å². The fourth-order valence-corrected chi connectivity index (χ4v) is 10.1. The lowest BCUT2D eigenvalue weighted by Crippen LogP contribution is -2.41. The zero-order chi connectivity index (χ0) is 25.7. The molecule has 1 aliphatic heterocycles. The molecule has 3 aromatic carbocycles. The number of methoxy groups -OCH3 is 2. The van der Waals surface area contributed by atoms with E-state index in [2.05, 4.69) is 6.58 Å². The first kappa shape index (κ1) is 24.7. The molecule has 3 aromatic rings. The molecule has 4 atom stereocenters. The Hall–Kier alpha value is -2.94. The van der Waals surface area contributed by atoms with Crippen LogP contribution in [0.15, 0.2) is 87.5 Å². The quantitative estimate of drug-likeness (QED) is 0.302. The topological polar surface area (TPSA) is 88.0 Å². The maximum atomic E-state index is 14.5. The summed E-state index contributed by atoms with van der Waals surface area (Å²) in [6.45, 7) is 5.91. The summed E-state index contributed by atoms with van der Waals surface area (Å²) in [6, 6.07) is 17.5. The average molecular weight is 524 g/mol. The Morgan fingerprint density at radius 3 is 2.19 bits per heavy atom. The molecule has 5 rings (SSSR count). The van der Waals surface area contributed by atoms with Crippen molar-refractivity contribution in [3.63, 3.8) is 0 Å². The Morgan fingerprint density at radius 2 is 1.61 bits per heavy atom. The Kier molecular flexibility index (Phi) is 6.31. The van der Waals surface area contributed by atoms with Crippen LogP contribution in [0.5, 0.6) is 11.5 Å². The van der Waals surface area contributed by atoms with Gasteiger partial charge in [-0.05, 0) is 47.7 Å². The molecule has 8 heteroatoms. The predicted molar refractivity (Wildman–Crippen MR) is 142 cm³/mol. The number of allylic oxidation sites excluding steroid dienone is 1. The van der Waals surface area contributed by atoms with Crippen LogP contribution >= 0.6 is 0 Å². The molecule has 0 radical (unpaired) electrons. The molecule has 0 saturated carbocycles. The highest BCUT2D eigenvalue weighted by molar-refractivity contribution is 8.00. The van der Waals surface area contributed by atoms with Crippen LogP contribution in [0, 0.1) is 6.92 Å². The van der Waals surface area contributed by atoms with E-state index >= 15 is 0 Å². The molecule has 2 aliphatic rings. The SMILES string of the molecule is C=C[C@@H]1C[C@@H](S(=O)(=O)c2ccccc2)[C@@H]2C[S+]([O-])(c3ccccc3)=Nc3c(OC)c(C)c(OC)c1c32. The molecule has 0 aromatic heterocycles. The normalized spacial score (nSPS) is 24.8. The molecule has 0 spiro atoms. The van der Waals surface area contributed by atoms with Gasteiger partial charge in [0.2, 0.25) is 0 Å². The van der Waals surface area contributed by atoms with Crippen LogP contribution in [0.1, 0.15) is 34.9 Å². The van der Waals surface area contributed by atoms with Gasteiger partial charge in [0.25, 0.3) is 0 Å². The number of benzene rings is 3. The molecule has 1 heterocycles. The highest BCUT2D eigenvalue weighted by Crippen LogP contribution is 2.59. The van der Waals surface area contributed by atoms with Crippen molar-refractivity contribution in [3.05, 3.63) is 90.0 Å². The Balaban J connectivity index is 1.86. The summed E-state index contributed by atoms with van der Waals surface area (Å²) in [5, 5.41) is -0.814. The molecule has 1 unspecified atom stereocenters. The van der Waals surface area contributed by atoms with Crippen molar-refractivity contribution in [2.24, 2.45) is 4.36 Å². The highest BCUT2D eigenvalue weighted by atomic mass is 32.3. The van der Waals surface area contributed by atoms with Crippen molar-refractivity contribution in [1.82, 2.24) is 0 Å². The fourth-order valence-electron chi connectivity index (χ4n) is 5.66. The number of rotatable bonds is 6. The second-order valence-electron chi connectivity index (χ2n) is 9.16. The van der Waals surface area contributed by atoms with Gasteiger partial charge in [0.1, 0.15) is 16.4 Å². The summed E-state index contributed by atoms with van der Waals surface area (Å²) in [5.41, 5.74) is 2.80. The second kappa shape index (κ2) is 9.18. The molecule has 0 N–H and O–H groups in total. The van der Waals surface area contributed by atoms with Gasteiger partial charge < -0.3 is 14.0 Å². The van der Waals surface area contributed by atoms with Crippen LogP contribution in [-0.2, 0) is 19.9 Å². The third-order valence-electron chi connectivity index (χ3n) is 7.28. The molecule has 36 heavy (non-hydrogen) atoms. The lowest BCUT2D eigenvalue weighted by atomic mass is 9.74. The van der Waals surface area contributed by atoms with Crippen LogP contribution in [-0.4, -0.2) is 38.2 Å². The largest absolute Gasteiger partial charge is 0.626 e. The molecule has 188 valence electrons. The van der Waals surface area contributed by atoms with Crippen molar-refractivity contribution < 1.29 is 22.4 Å². The van der Waals surface area contributed by atoms with Gasteiger partial charge in [0.15, 0.2) is 21.3 Å². The number of ether oxygens (including phenoxy) is 2. The maximum Gasteiger partial charge on any atom is 0.182 e. The minimum absolute atomic E-state index is 0.0903. The minimum atomic E-state index is -3.77. The second-order valence-corrected chi connectivity index (χ2v) is 13.6. The average Bonchev–Trinajstić information content (AvgIpc) is 2.90. The standard InChI is InChI=1S/C28H29NO5S2/c1-5-19-16-23(36(31,32)21-14-10-7-11-15-21)22-17-35(30,20-12-8-6-9-13-20)29-26-25(22)24(19)27(33-3)18(2)28(26)34-4/h5-15,19,22-23H,1,16-17H2,2-4H3/t19-,22+,23-,35?/m1/s1. The molecule has 0 fully saturated rings. The van der Waals surface area contributed by atoms with Crippen LogP contribution in [0.3, 0.4) is 0 Å². The predicted octanol–water partition coefficient (Wildman–Crippen LogP) is 5.78. The van der Waals surface area contributed by atoms with Crippen molar-refractivity contribution >= 4 is 25.6 Å². The van der Waals surface area contributed by atoms with Crippen molar-refractivity contribution in [2.45, 2.75) is 40.2 Å². The first-order valence-corrected chi connectivity index (χ1v) is 15.0. The lowest BCUT2D eigenvalue weighted by molar-refractivity contribution is 0.377. The fraction of sp³-hybridized carbons (Fsp3) is 0.286. The third kappa shape index (κ3) is 3.70. The first-order chi connectivity index (χ1) is 17.3. The van der Waals surface area contributed by atoms with Gasteiger partial charge in [0.05, 0.1) is 24.4 Å². The summed E-state index contributed by atoms with van der Waals surface area (Å²) in [7, 11) is -3.61. The van der Waals surface area contributed by atoms with E-state index in [-0.39, 0.29) is 16.6 Å². The third-order valence-corrected chi connectivity index (χ3v) is 11.8. The van der Waals surface area contributed by atoms with E-state index < -0.39 is 31.1 Å². The van der Waals surface area contributed by atoms with Gasteiger partial charge in [-0.2, -0.15) is 0 Å². The summed E-state index contributed by atoms with van der Waals surface area (Å²) < 4.78 is 59.1. The van der Waals surface area contributed by atoms with Crippen molar-refractivity contribution in [1.29, 1.82) is 0 Å². The maximum absolute atomic E-state index is 14.5. The summed E-state index contributed by atoms with van der Waals surface area (Å²) >= 11 is 0. The monoisotopic (exact) mass is 523 g/mol. The minimum Gasteiger partial charge on any atom is -0.626 e. The molecule has 6 nitrogen and oxygen atoms in total. The molecule has 0 amide bonds. The lowest BCUT2D eigenvalue weighted by Gasteiger charge is -2.42. The number of sulfone groups is 1. The molecular formula is C28H29NO5S2. The summed E-state index contributed by atoms with van der Waals surface area (Å²) in [4.78, 5) is 0.831. The van der Waals surface area contributed by atoms with E-state index in [1.807, 2.05) is 25.1 Å². The summed E-state index contributed by atoms with van der Waals surface area (Å²) in [6.07, 6.45) is 2.08. The number of hydrogen-bond donors (Lipinski definition) is 0. The van der Waals surface area contributed by atoms with E-state index in [0.29, 0.717) is 28.5 Å². The van der Waals surface area contributed by atoms with E-state index in [1.165, 1.54) is 0 Å². The van der Waals surface area contributed by atoms with Crippen molar-refractivity contribution in [2.75, 3.05) is 20.0 Å². The highest BCUT2D eigenvalue weighted by Gasteiger charge is 2.50. The van der Waals surface area contributed by atoms with Crippen LogP contribution < -0.4 is 9.47 Å². The van der Waals surface area contributed by atoms with E-state index in [1.54, 1.807) is 62.8 Å². The van der Waals surface area contributed by atoms with E-state index in [9.17, 15) is 13.0 Å². The molecule has 1 aliphatic carbocycles. The first-order valence-electron chi connectivity index (χ1n) is 11.8. The summed E-state index contributed by atoms with van der Waals surface area (Å²) in [5.74, 6) is 0.343. The number of hydrogen-bond acceptors (Lipinski definition) is 6. The van der Waals surface area contributed by atoms with Crippen LogP contribution in [0.25, 0.3) is 0 Å². The molecule has 0 saturated heterocycles. The van der Waals surface area contributed by atoms with Gasteiger partial charge in [-0.3, -0.25) is 0 Å². The van der Waals surface area contributed by atoms with E-state index in [4.69, 9.17) is 13.8 Å². The van der Waals surface area contributed by atoms with Gasteiger partial charge in [0, 0.05) is 28.5 Å². The Morgan fingerprint density at radius 1 is 1.00 bits per heavy atom. The van der Waals surface area contributed by atoms with Gasteiger partial charge in [-0.25, -0.2) is 8.42 Å². The zero-order valence-corrected chi connectivity index (χ0v) is 22.1.